The van der Waals surface area contributed by atoms with E-state index in [1.165, 1.54) is 4.90 Å². The number of hydrogen-bond donors (Lipinski definition) is 1. The number of ether oxygens (including phenoxy) is 1. The maximum atomic E-state index is 12.5. The Hall–Kier alpha value is -3.35. The van der Waals surface area contributed by atoms with Crippen molar-refractivity contribution in [2.45, 2.75) is 19.8 Å². The van der Waals surface area contributed by atoms with Gasteiger partial charge in [0.15, 0.2) is 18.1 Å². The van der Waals surface area contributed by atoms with Crippen LogP contribution in [-0.2, 0) is 9.59 Å². The number of rotatable bonds is 4. The minimum atomic E-state index is -0.299. The van der Waals surface area contributed by atoms with E-state index in [1.54, 1.807) is 36.4 Å². The molecule has 1 N–H and O–H groups in total. The van der Waals surface area contributed by atoms with Gasteiger partial charge in [0, 0.05) is 11.6 Å². The number of anilines is 2. The number of carbonyl (C=O) groups is 2. The van der Waals surface area contributed by atoms with Crippen LogP contribution in [0.25, 0.3) is 11.1 Å². The molecule has 0 unspecified atom stereocenters. The van der Waals surface area contributed by atoms with Gasteiger partial charge in [0.2, 0.25) is 5.91 Å². The molecule has 7 heteroatoms. The van der Waals surface area contributed by atoms with E-state index in [4.69, 9.17) is 9.15 Å². The Kier molecular flexibility index (Phi) is 4.27. The fourth-order valence-corrected chi connectivity index (χ4v) is 2.94. The number of benzene rings is 2. The fourth-order valence-electron chi connectivity index (χ4n) is 2.94. The largest absolute Gasteiger partial charge is 0.482 e. The molecule has 1 aliphatic heterocycles. The van der Waals surface area contributed by atoms with Crippen molar-refractivity contribution in [3.63, 3.8) is 0 Å². The van der Waals surface area contributed by atoms with Crippen molar-refractivity contribution in [1.82, 2.24) is 4.98 Å². The molecule has 0 radical (unpaired) electrons. The van der Waals surface area contributed by atoms with Gasteiger partial charge >= 0.3 is 0 Å². The van der Waals surface area contributed by atoms with Gasteiger partial charge in [-0.1, -0.05) is 26.0 Å². The van der Waals surface area contributed by atoms with Crippen LogP contribution in [0.3, 0.4) is 0 Å². The molecule has 1 aliphatic rings. The van der Waals surface area contributed by atoms with Crippen LogP contribution >= 0.6 is 0 Å². The molecule has 0 bridgehead atoms. The fraction of sp³-hybridized carbons (Fsp3) is 0.250. The number of carbonyl (C=O) groups excluding carboxylic acids is 2. The molecule has 2 aromatic carbocycles. The van der Waals surface area contributed by atoms with Crippen LogP contribution in [0.15, 0.2) is 46.9 Å². The maximum absolute atomic E-state index is 12.5. The number of oxazole rings is 1. The summed E-state index contributed by atoms with van der Waals surface area (Å²) in [7, 11) is 0. The Bertz CT molecular complexity index is 1020. The highest BCUT2D eigenvalue weighted by molar-refractivity contribution is 6.05. The zero-order valence-corrected chi connectivity index (χ0v) is 15.1. The van der Waals surface area contributed by atoms with Crippen molar-refractivity contribution in [2.75, 3.05) is 23.4 Å². The first kappa shape index (κ1) is 17.1. The molecule has 0 saturated carbocycles. The molecule has 4 rings (SSSR count). The van der Waals surface area contributed by atoms with Gasteiger partial charge in [-0.2, -0.15) is 0 Å². The molecule has 0 atom stereocenters. The van der Waals surface area contributed by atoms with Crippen molar-refractivity contribution < 1.29 is 18.7 Å². The average molecular weight is 365 g/mol. The molecule has 1 aromatic heterocycles. The Morgan fingerprint density at radius 1 is 1.26 bits per heavy atom. The highest BCUT2D eigenvalue weighted by Gasteiger charge is 2.27. The first-order chi connectivity index (χ1) is 13.0. The molecule has 7 nitrogen and oxygen atoms in total. The Balaban J connectivity index is 1.51. The van der Waals surface area contributed by atoms with Crippen molar-refractivity contribution >= 4 is 34.3 Å². The minimum Gasteiger partial charge on any atom is -0.482 e. The minimum absolute atomic E-state index is 0.0762. The second-order valence-corrected chi connectivity index (χ2v) is 6.67. The van der Waals surface area contributed by atoms with Gasteiger partial charge in [0.25, 0.3) is 5.91 Å². The topological polar surface area (TPSA) is 84.7 Å². The van der Waals surface area contributed by atoms with Crippen molar-refractivity contribution in [3.8, 4) is 5.75 Å². The number of nitrogens with one attached hydrogen (secondary N) is 1. The monoisotopic (exact) mass is 365 g/mol. The highest BCUT2D eigenvalue weighted by Crippen LogP contribution is 2.31. The summed E-state index contributed by atoms with van der Waals surface area (Å²) >= 11 is 0. The summed E-state index contributed by atoms with van der Waals surface area (Å²) in [4.78, 5) is 30.5. The molecule has 0 aliphatic carbocycles. The summed E-state index contributed by atoms with van der Waals surface area (Å²) in [5.74, 6) is 0.881. The standard InChI is InChI=1S/C20H19N3O4/c1-12(2)20-22-14-9-13(7-8-16(14)27-20)21-18(24)10-23-15-5-3-4-6-17(15)26-11-19(23)25/h3-9,12H,10-11H2,1-2H3,(H,21,24). The predicted molar refractivity (Wildman–Crippen MR) is 101 cm³/mol. The van der Waals surface area contributed by atoms with Crippen molar-refractivity contribution in [3.05, 3.63) is 48.4 Å². The third kappa shape index (κ3) is 3.36. The lowest BCUT2D eigenvalue weighted by Gasteiger charge is -2.28. The van der Waals surface area contributed by atoms with Crippen molar-refractivity contribution in [1.29, 1.82) is 0 Å². The average Bonchev–Trinajstić information content (AvgIpc) is 3.08. The van der Waals surface area contributed by atoms with Gasteiger partial charge in [-0.25, -0.2) is 4.98 Å². The third-order valence-electron chi connectivity index (χ3n) is 4.29. The van der Waals surface area contributed by atoms with Gasteiger partial charge in [-0.3, -0.25) is 14.5 Å². The van der Waals surface area contributed by atoms with Gasteiger partial charge in [-0.15, -0.1) is 0 Å². The van der Waals surface area contributed by atoms with E-state index in [2.05, 4.69) is 10.3 Å². The molecule has 3 aromatic rings. The molecule has 0 spiro atoms. The first-order valence-corrected chi connectivity index (χ1v) is 8.74. The van der Waals surface area contributed by atoms with Gasteiger partial charge in [0.1, 0.15) is 17.8 Å². The van der Waals surface area contributed by atoms with Crippen LogP contribution in [0.2, 0.25) is 0 Å². The first-order valence-electron chi connectivity index (χ1n) is 8.74. The summed E-state index contributed by atoms with van der Waals surface area (Å²) in [5, 5.41) is 2.82. The zero-order valence-electron chi connectivity index (χ0n) is 15.1. The number of nitrogens with zero attached hydrogens (tertiary/aromatic N) is 2. The molecule has 0 fully saturated rings. The molecular formula is C20H19N3O4. The third-order valence-corrected chi connectivity index (χ3v) is 4.29. The van der Waals surface area contributed by atoms with E-state index in [1.807, 2.05) is 19.9 Å². The van der Waals surface area contributed by atoms with E-state index in [9.17, 15) is 9.59 Å². The molecule has 2 heterocycles. The molecule has 138 valence electrons. The van der Waals surface area contributed by atoms with E-state index in [0.717, 1.165) is 0 Å². The van der Waals surface area contributed by atoms with Crippen LogP contribution in [0, 0.1) is 0 Å². The SMILES string of the molecule is CC(C)c1nc2cc(NC(=O)CN3C(=O)COc4ccccc43)ccc2o1. The summed E-state index contributed by atoms with van der Waals surface area (Å²) in [6.07, 6.45) is 0. The maximum Gasteiger partial charge on any atom is 0.265 e. The number of aromatic nitrogens is 1. The van der Waals surface area contributed by atoms with E-state index in [-0.39, 0.29) is 30.9 Å². The van der Waals surface area contributed by atoms with E-state index >= 15 is 0 Å². The lowest BCUT2D eigenvalue weighted by atomic mass is 10.2. The highest BCUT2D eigenvalue weighted by atomic mass is 16.5. The zero-order chi connectivity index (χ0) is 19.0. The quantitative estimate of drug-likeness (QED) is 0.767. The second-order valence-electron chi connectivity index (χ2n) is 6.67. The predicted octanol–water partition coefficient (Wildman–Crippen LogP) is 3.32. The Morgan fingerprint density at radius 3 is 2.89 bits per heavy atom. The van der Waals surface area contributed by atoms with E-state index in [0.29, 0.717) is 34.1 Å². The van der Waals surface area contributed by atoms with Crippen LogP contribution < -0.4 is 15.0 Å². The van der Waals surface area contributed by atoms with Crippen molar-refractivity contribution in [2.24, 2.45) is 0 Å². The number of amides is 2. The van der Waals surface area contributed by atoms with Gasteiger partial charge in [0.05, 0.1) is 5.69 Å². The van der Waals surface area contributed by atoms with Crippen LogP contribution in [0.1, 0.15) is 25.7 Å². The number of fused-ring (bicyclic) bond motifs is 2. The summed E-state index contributed by atoms with van der Waals surface area (Å²) < 4.78 is 11.1. The summed E-state index contributed by atoms with van der Waals surface area (Å²) in [6.45, 7) is 3.84. The van der Waals surface area contributed by atoms with E-state index < -0.39 is 0 Å². The Morgan fingerprint density at radius 2 is 2.07 bits per heavy atom. The number of para-hydroxylation sites is 2. The normalized spacial score (nSPS) is 13.6. The molecular weight excluding hydrogens is 346 g/mol. The lowest BCUT2D eigenvalue weighted by Crippen LogP contribution is -2.43. The van der Waals surface area contributed by atoms with Gasteiger partial charge in [-0.05, 0) is 30.3 Å². The molecule has 2 amide bonds. The smallest absolute Gasteiger partial charge is 0.265 e. The lowest BCUT2D eigenvalue weighted by molar-refractivity contribution is -0.123. The van der Waals surface area contributed by atoms with Crippen LogP contribution in [-0.4, -0.2) is 29.9 Å². The molecule has 0 saturated heterocycles. The van der Waals surface area contributed by atoms with Crippen LogP contribution in [0.4, 0.5) is 11.4 Å². The Labute approximate surface area is 155 Å². The number of hydrogen-bond acceptors (Lipinski definition) is 5. The summed E-state index contributed by atoms with van der Waals surface area (Å²) in [6, 6.07) is 12.5. The van der Waals surface area contributed by atoms with Gasteiger partial charge < -0.3 is 14.5 Å². The second kappa shape index (κ2) is 6.75. The molecule has 27 heavy (non-hydrogen) atoms. The summed E-state index contributed by atoms with van der Waals surface area (Å²) in [5.41, 5.74) is 2.56. The van der Waals surface area contributed by atoms with Crippen LogP contribution in [0.5, 0.6) is 5.75 Å².